The maximum atomic E-state index is 6.27. The van der Waals surface area contributed by atoms with Gasteiger partial charge in [-0.1, -0.05) is 24.6 Å². The standard InChI is InChI=1S/C17H22ClN3.2ClH/c1-12-6-8-21(14(9-12)10-19)11-13-4-5-16(18)15-3-2-7-20-17(13)15;;/h2-5,7,12,14H,6,8-11,19H2,1H3;2*1H. The average molecular weight is 377 g/mol. The minimum absolute atomic E-state index is 0. The lowest BCUT2D eigenvalue weighted by molar-refractivity contribution is 0.115. The van der Waals surface area contributed by atoms with Crippen LogP contribution in [0.15, 0.2) is 30.5 Å². The Hall–Kier alpha value is -0.580. The molecule has 128 valence electrons. The highest BCUT2D eigenvalue weighted by molar-refractivity contribution is 6.35. The molecule has 2 aromatic rings. The van der Waals surface area contributed by atoms with Crippen LogP contribution in [0.3, 0.4) is 0 Å². The number of halogens is 3. The largest absolute Gasteiger partial charge is 0.329 e. The number of hydrogen-bond acceptors (Lipinski definition) is 3. The van der Waals surface area contributed by atoms with E-state index in [1.165, 1.54) is 18.4 Å². The maximum absolute atomic E-state index is 6.27. The van der Waals surface area contributed by atoms with Crippen molar-refractivity contribution in [3.05, 3.63) is 41.0 Å². The summed E-state index contributed by atoms with van der Waals surface area (Å²) in [6.07, 6.45) is 4.27. The second kappa shape index (κ2) is 9.05. The third-order valence-electron chi connectivity index (χ3n) is 4.55. The fourth-order valence-electron chi connectivity index (χ4n) is 3.30. The zero-order valence-electron chi connectivity index (χ0n) is 13.2. The van der Waals surface area contributed by atoms with Crippen LogP contribution < -0.4 is 5.73 Å². The molecule has 1 fully saturated rings. The van der Waals surface area contributed by atoms with Gasteiger partial charge in [-0.05, 0) is 49.1 Å². The van der Waals surface area contributed by atoms with Gasteiger partial charge in [0.1, 0.15) is 0 Å². The molecule has 2 atom stereocenters. The molecule has 3 rings (SSSR count). The predicted molar refractivity (Wildman–Crippen MR) is 103 cm³/mol. The monoisotopic (exact) mass is 375 g/mol. The third-order valence-corrected chi connectivity index (χ3v) is 4.88. The number of fused-ring (bicyclic) bond motifs is 1. The molecule has 6 heteroatoms. The summed E-state index contributed by atoms with van der Waals surface area (Å²) < 4.78 is 0. The average Bonchev–Trinajstić information content (AvgIpc) is 2.52. The molecule has 0 bridgehead atoms. The Kier molecular flexibility index (Phi) is 8.05. The van der Waals surface area contributed by atoms with Crippen LogP contribution in [0.4, 0.5) is 0 Å². The van der Waals surface area contributed by atoms with E-state index < -0.39 is 0 Å². The van der Waals surface area contributed by atoms with Crippen LogP contribution in [-0.2, 0) is 6.54 Å². The number of aromatic nitrogens is 1. The Morgan fingerprint density at radius 3 is 2.83 bits per heavy atom. The van der Waals surface area contributed by atoms with Gasteiger partial charge in [-0.15, -0.1) is 24.8 Å². The molecule has 1 aliphatic heterocycles. The lowest BCUT2D eigenvalue weighted by atomic mass is 9.92. The van der Waals surface area contributed by atoms with Gasteiger partial charge in [0.15, 0.2) is 0 Å². The molecule has 1 aliphatic rings. The van der Waals surface area contributed by atoms with E-state index in [4.69, 9.17) is 17.3 Å². The minimum atomic E-state index is 0. The molecule has 0 saturated carbocycles. The molecule has 0 spiro atoms. The summed E-state index contributed by atoms with van der Waals surface area (Å²) in [7, 11) is 0. The van der Waals surface area contributed by atoms with Crippen LogP contribution in [0.5, 0.6) is 0 Å². The van der Waals surface area contributed by atoms with Crippen molar-refractivity contribution in [3.63, 3.8) is 0 Å². The molecule has 0 aliphatic carbocycles. The Balaban J connectivity index is 0.00000132. The number of hydrogen-bond donors (Lipinski definition) is 1. The summed E-state index contributed by atoms with van der Waals surface area (Å²) >= 11 is 6.27. The molecule has 23 heavy (non-hydrogen) atoms. The second-order valence-corrected chi connectivity index (χ2v) is 6.50. The Morgan fingerprint density at radius 1 is 1.30 bits per heavy atom. The van der Waals surface area contributed by atoms with Gasteiger partial charge in [0.05, 0.1) is 5.52 Å². The van der Waals surface area contributed by atoms with Crippen LogP contribution >= 0.6 is 36.4 Å². The highest BCUT2D eigenvalue weighted by atomic mass is 35.5. The van der Waals surface area contributed by atoms with Crippen LogP contribution in [0.25, 0.3) is 10.9 Å². The first-order valence-electron chi connectivity index (χ1n) is 7.65. The molecule has 0 radical (unpaired) electrons. The Labute approximate surface area is 155 Å². The summed E-state index contributed by atoms with van der Waals surface area (Å²) in [5.74, 6) is 0.773. The van der Waals surface area contributed by atoms with Crippen molar-refractivity contribution in [1.29, 1.82) is 0 Å². The smallest absolute Gasteiger partial charge is 0.0761 e. The van der Waals surface area contributed by atoms with Gasteiger partial charge in [-0.2, -0.15) is 0 Å². The van der Waals surface area contributed by atoms with Crippen LogP contribution in [0, 0.1) is 5.92 Å². The zero-order valence-corrected chi connectivity index (χ0v) is 15.6. The summed E-state index contributed by atoms with van der Waals surface area (Å²) in [5.41, 5.74) is 8.22. The molecule has 2 N–H and O–H groups in total. The third kappa shape index (κ3) is 4.49. The molecule has 1 aromatic heterocycles. The summed E-state index contributed by atoms with van der Waals surface area (Å²) in [6.45, 7) is 5.06. The number of nitrogens with zero attached hydrogens (tertiary/aromatic N) is 2. The SMILES string of the molecule is CC1CCN(Cc2ccc(Cl)c3cccnc23)C(CN)C1.Cl.Cl. The van der Waals surface area contributed by atoms with E-state index in [0.29, 0.717) is 6.04 Å². The van der Waals surface area contributed by atoms with Gasteiger partial charge in [-0.25, -0.2) is 0 Å². The van der Waals surface area contributed by atoms with Crippen molar-refractivity contribution in [2.24, 2.45) is 11.7 Å². The van der Waals surface area contributed by atoms with Crippen LogP contribution in [0.1, 0.15) is 25.3 Å². The second-order valence-electron chi connectivity index (χ2n) is 6.10. The summed E-state index contributed by atoms with van der Waals surface area (Å²) in [6, 6.07) is 8.52. The molecular weight excluding hydrogens is 353 g/mol. The quantitative estimate of drug-likeness (QED) is 0.869. The topological polar surface area (TPSA) is 42.2 Å². The maximum Gasteiger partial charge on any atom is 0.0761 e. The van der Waals surface area contributed by atoms with Crippen molar-refractivity contribution < 1.29 is 0 Å². The fourth-order valence-corrected chi connectivity index (χ4v) is 3.51. The summed E-state index contributed by atoms with van der Waals surface area (Å²) in [4.78, 5) is 7.03. The van der Waals surface area contributed by atoms with Gasteiger partial charge in [0.2, 0.25) is 0 Å². The number of nitrogens with two attached hydrogens (primary N) is 1. The zero-order chi connectivity index (χ0) is 14.8. The molecule has 1 saturated heterocycles. The van der Waals surface area contributed by atoms with E-state index in [-0.39, 0.29) is 24.8 Å². The Morgan fingerprint density at radius 2 is 2.09 bits per heavy atom. The van der Waals surface area contributed by atoms with Crippen molar-refractivity contribution in [3.8, 4) is 0 Å². The van der Waals surface area contributed by atoms with Crippen LogP contribution in [-0.4, -0.2) is 29.0 Å². The van der Waals surface area contributed by atoms with E-state index in [1.807, 2.05) is 24.4 Å². The molecule has 2 heterocycles. The first-order valence-corrected chi connectivity index (χ1v) is 8.03. The van der Waals surface area contributed by atoms with Gasteiger partial charge >= 0.3 is 0 Å². The van der Waals surface area contributed by atoms with Crippen molar-refractivity contribution in [2.75, 3.05) is 13.1 Å². The van der Waals surface area contributed by atoms with Gasteiger partial charge in [0, 0.05) is 35.7 Å². The molecule has 0 amide bonds. The highest BCUT2D eigenvalue weighted by Crippen LogP contribution is 2.28. The lowest BCUT2D eigenvalue weighted by Crippen LogP contribution is -2.45. The molecule has 3 nitrogen and oxygen atoms in total. The van der Waals surface area contributed by atoms with Gasteiger partial charge < -0.3 is 5.73 Å². The van der Waals surface area contributed by atoms with E-state index in [0.717, 1.165) is 41.5 Å². The van der Waals surface area contributed by atoms with Gasteiger partial charge in [-0.3, -0.25) is 9.88 Å². The van der Waals surface area contributed by atoms with Crippen molar-refractivity contribution in [2.45, 2.75) is 32.4 Å². The number of rotatable bonds is 3. The first kappa shape index (κ1) is 20.5. The van der Waals surface area contributed by atoms with Crippen LogP contribution in [0.2, 0.25) is 5.02 Å². The normalized spacial score (nSPS) is 21.5. The predicted octanol–water partition coefficient (Wildman–Crippen LogP) is 4.29. The summed E-state index contributed by atoms with van der Waals surface area (Å²) in [5, 5.41) is 1.80. The Bertz CT molecular complexity index is 636. The lowest BCUT2D eigenvalue weighted by Gasteiger charge is -2.38. The highest BCUT2D eigenvalue weighted by Gasteiger charge is 2.25. The number of benzene rings is 1. The fraction of sp³-hybridized carbons (Fsp3) is 0.471. The van der Waals surface area contributed by atoms with E-state index in [1.54, 1.807) is 0 Å². The van der Waals surface area contributed by atoms with E-state index in [2.05, 4.69) is 22.9 Å². The number of likely N-dealkylation sites (tertiary alicyclic amines) is 1. The van der Waals surface area contributed by atoms with Crippen molar-refractivity contribution in [1.82, 2.24) is 9.88 Å². The minimum Gasteiger partial charge on any atom is -0.329 e. The molecule has 1 aromatic carbocycles. The van der Waals surface area contributed by atoms with Crippen molar-refractivity contribution >= 4 is 47.3 Å². The number of piperidine rings is 1. The first-order chi connectivity index (χ1) is 10.2. The molecule has 2 unspecified atom stereocenters. The molecular formula is C17H24Cl3N3. The van der Waals surface area contributed by atoms with Gasteiger partial charge in [0.25, 0.3) is 0 Å². The van der Waals surface area contributed by atoms with E-state index >= 15 is 0 Å². The van der Waals surface area contributed by atoms with E-state index in [9.17, 15) is 0 Å². The number of pyridine rings is 1.